The first-order valence-corrected chi connectivity index (χ1v) is 6.47. The Labute approximate surface area is 121 Å². The normalized spacial score (nSPS) is 10.6. The lowest BCUT2D eigenvalue weighted by Gasteiger charge is -2.09. The van der Waals surface area contributed by atoms with Gasteiger partial charge < -0.3 is 10.1 Å². The van der Waals surface area contributed by atoms with Crippen molar-refractivity contribution in [3.05, 3.63) is 64.2 Å². The number of rotatable bonds is 5. The Kier molecular flexibility index (Phi) is 4.93. The van der Waals surface area contributed by atoms with E-state index in [4.69, 9.17) is 16.3 Å². The van der Waals surface area contributed by atoms with Gasteiger partial charge in [-0.15, -0.1) is 0 Å². The van der Waals surface area contributed by atoms with Gasteiger partial charge in [-0.3, -0.25) is 0 Å². The first kappa shape index (κ1) is 14.8. The van der Waals surface area contributed by atoms with E-state index in [1.165, 1.54) is 24.3 Å². The highest BCUT2D eigenvalue weighted by Gasteiger charge is 2.04. The largest absolute Gasteiger partial charge is 0.489 e. The first-order valence-electron chi connectivity index (χ1n) is 6.09. The number of hydrogen-bond donors (Lipinski definition) is 1. The lowest BCUT2D eigenvalue weighted by atomic mass is 10.2. The fourth-order valence-corrected chi connectivity index (χ4v) is 1.92. The minimum atomic E-state index is -0.497. The SMILES string of the molecule is CNCc1cc(F)cc(OCc2ccc(Cl)c(F)c2)c1. The van der Waals surface area contributed by atoms with E-state index in [0.717, 1.165) is 5.56 Å². The maximum Gasteiger partial charge on any atom is 0.142 e. The van der Waals surface area contributed by atoms with E-state index < -0.39 is 5.82 Å². The lowest BCUT2D eigenvalue weighted by Crippen LogP contribution is -2.06. The molecule has 106 valence electrons. The summed E-state index contributed by atoms with van der Waals surface area (Å²) in [6.07, 6.45) is 0. The van der Waals surface area contributed by atoms with Gasteiger partial charge in [0, 0.05) is 12.6 Å². The molecule has 0 aromatic heterocycles. The molecular weight excluding hydrogens is 284 g/mol. The van der Waals surface area contributed by atoms with Crippen LogP contribution in [0.5, 0.6) is 5.75 Å². The van der Waals surface area contributed by atoms with Gasteiger partial charge in [0.2, 0.25) is 0 Å². The summed E-state index contributed by atoms with van der Waals surface area (Å²) in [6.45, 7) is 0.695. The van der Waals surface area contributed by atoms with Gasteiger partial charge >= 0.3 is 0 Å². The van der Waals surface area contributed by atoms with E-state index in [9.17, 15) is 8.78 Å². The number of halogens is 3. The molecule has 0 atom stereocenters. The van der Waals surface area contributed by atoms with Crippen molar-refractivity contribution < 1.29 is 13.5 Å². The summed E-state index contributed by atoms with van der Waals surface area (Å²) in [6, 6.07) is 8.91. The van der Waals surface area contributed by atoms with Crippen LogP contribution < -0.4 is 10.1 Å². The Hall–Kier alpha value is -1.65. The Balaban J connectivity index is 2.08. The molecule has 0 fully saturated rings. The molecule has 2 aromatic carbocycles. The second-order valence-corrected chi connectivity index (χ2v) is 4.77. The second kappa shape index (κ2) is 6.68. The Bertz CT molecular complexity index is 604. The highest BCUT2D eigenvalue weighted by Crippen LogP contribution is 2.20. The minimum Gasteiger partial charge on any atom is -0.489 e. The monoisotopic (exact) mass is 297 g/mol. The van der Waals surface area contributed by atoms with Gasteiger partial charge in [-0.25, -0.2) is 8.78 Å². The van der Waals surface area contributed by atoms with Crippen molar-refractivity contribution in [1.82, 2.24) is 5.32 Å². The molecule has 0 radical (unpaired) electrons. The molecule has 0 spiro atoms. The third kappa shape index (κ3) is 3.92. The van der Waals surface area contributed by atoms with Gasteiger partial charge in [-0.2, -0.15) is 0 Å². The smallest absolute Gasteiger partial charge is 0.142 e. The molecule has 20 heavy (non-hydrogen) atoms. The number of hydrogen-bond acceptors (Lipinski definition) is 2. The van der Waals surface area contributed by atoms with Crippen LogP contribution in [0.2, 0.25) is 5.02 Å². The maximum absolute atomic E-state index is 13.4. The van der Waals surface area contributed by atoms with E-state index in [0.29, 0.717) is 17.9 Å². The van der Waals surface area contributed by atoms with E-state index in [-0.39, 0.29) is 17.4 Å². The summed E-state index contributed by atoms with van der Waals surface area (Å²) in [5.74, 6) is -0.455. The van der Waals surface area contributed by atoms with Crippen molar-refractivity contribution in [2.75, 3.05) is 7.05 Å². The van der Waals surface area contributed by atoms with E-state index >= 15 is 0 Å². The van der Waals surface area contributed by atoms with Crippen LogP contribution in [0.3, 0.4) is 0 Å². The minimum absolute atomic E-state index is 0.0656. The lowest BCUT2D eigenvalue weighted by molar-refractivity contribution is 0.303. The molecule has 2 rings (SSSR count). The summed E-state index contributed by atoms with van der Waals surface area (Å²) in [5.41, 5.74) is 1.41. The van der Waals surface area contributed by atoms with E-state index in [1.54, 1.807) is 19.2 Å². The molecule has 0 aliphatic carbocycles. The average Bonchev–Trinajstić information content (AvgIpc) is 2.40. The summed E-state index contributed by atoms with van der Waals surface area (Å²) < 4.78 is 32.2. The van der Waals surface area contributed by atoms with Gasteiger partial charge in [-0.05, 0) is 42.4 Å². The quantitative estimate of drug-likeness (QED) is 0.903. The van der Waals surface area contributed by atoms with Crippen molar-refractivity contribution in [3.63, 3.8) is 0 Å². The van der Waals surface area contributed by atoms with Gasteiger partial charge in [0.1, 0.15) is 24.0 Å². The van der Waals surface area contributed by atoms with Crippen LogP contribution >= 0.6 is 11.6 Å². The summed E-state index contributed by atoms with van der Waals surface area (Å²) >= 11 is 5.60. The van der Waals surface area contributed by atoms with Gasteiger partial charge in [0.25, 0.3) is 0 Å². The fraction of sp³-hybridized carbons (Fsp3) is 0.200. The molecule has 0 unspecified atom stereocenters. The molecule has 0 amide bonds. The topological polar surface area (TPSA) is 21.3 Å². The Morgan fingerprint density at radius 3 is 2.60 bits per heavy atom. The predicted molar refractivity (Wildman–Crippen MR) is 74.9 cm³/mol. The molecule has 2 nitrogen and oxygen atoms in total. The predicted octanol–water partition coefficient (Wildman–Crippen LogP) is 3.92. The zero-order valence-electron chi connectivity index (χ0n) is 10.9. The molecule has 1 N–H and O–H groups in total. The molecule has 0 aliphatic heterocycles. The molecule has 0 saturated carbocycles. The summed E-state index contributed by atoms with van der Waals surface area (Å²) in [5, 5.41) is 3.01. The van der Waals surface area contributed by atoms with Crippen LogP contribution in [0.25, 0.3) is 0 Å². The van der Waals surface area contributed by atoms with Gasteiger partial charge in [0.15, 0.2) is 0 Å². The highest BCUT2D eigenvalue weighted by atomic mass is 35.5. The second-order valence-electron chi connectivity index (χ2n) is 4.36. The summed E-state index contributed by atoms with van der Waals surface area (Å²) in [4.78, 5) is 0. The molecule has 0 bridgehead atoms. The molecular formula is C15H14ClF2NO. The molecule has 0 heterocycles. The standard InChI is InChI=1S/C15H14ClF2NO/c1-19-8-11-4-12(17)7-13(5-11)20-9-10-2-3-14(16)15(18)6-10/h2-7,19H,8-9H2,1H3. The average molecular weight is 298 g/mol. The highest BCUT2D eigenvalue weighted by molar-refractivity contribution is 6.30. The van der Waals surface area contributed by atoms with Crippen LogP contribution in [0.15, 0.2) is 36.4 Å². The van der Waals surface area contributed by atoms with Crippen LogP contribution in [0, 0.1) is 11.6 Å². The third-order valence-electron chi connectivity index (χ3n) is 2.70. The molecule has 0 saturated heterocycles. The zero-order chi connectivity index (χ0) is 14.5. The number of nitrogens with one attached hydrogen (secondary N) is 1. The van der Waals surface area contributed by atoms with Crippen LogP contribution in [0.1, 0.15) is 11.1 Å². The van der Waals surface area contributed by atoms with Gasteiger partial charge in [-0.1, -0.05) is 17.7 Å². The summed E-state index contributed by atoms with van der Waals surface area (Å²) in [7, 11) is 1.78. The van der Waals surface area contributed by atoms with Crippen molar-refractivity contribution in [1.29, 1.82) is 0 Å². The molecule has 0 aliphatic rings. The fourth-order valence-electron chi connectivity index (χ4n) is 1.81. The van der Waals surface area contributed by atoms with Crippen molar-refractivity contribution in [3.8, 4) is 5.75 Å². The van der Waals surface area contributed by atoms with Crippen LogP contribution in [0.4, 0.5) is 8.78 Å². The van der Waals surface area contributed by atoms with E-state index in [2.05, 4.69) is 5.32 Å². The Morgan fingerprint density at radius 1 is 1.10 bits per heavy atom. The van der Waals surface area contributed by atoms with E-state index in [1.807, 2.05) is 0 Å². The first-order chi connectivity index (χ1) is 9.58. The van der Waals surface area contributed by atoms with Crippen molar-refractivity contribution >= 4 is 11.6 Å². The molecule has 2 aromatic rings. The van der Waals surface area contributed by atoms with Crippen LogP contribution in [-0.2, 0) is 13.2 Å². The Morgan fingerprint density at radius 2 is 1.90 bits per heavy atom. The van der Waals surface area contributed by atoms with Crippen molar-refractivity contribution in [2.45, 2.75) is 13.2 Å². The van der Waals surface area contributed by atoms with Gasteiger partial charge in [0.05, 0.1) is 5.02 Å². The number of ether oxygens (including phenoxy) is 1. The van der Waals surface area contributed by atoms with Crippen LogP contribution in [-0.4, -0.2) is 7.05 Å². The number of benzene rings is 2. The zero-order valence-corrected chi connectivity index (χ0v) is 11.7. The van der Waals surface area contributed by atoms with Crippen molar-refractivity contribution in [2.24, 2.45) is 0 Å². The maximum atomic E-state index is 13.4. The molecule has 5 heteroatoms. The third-order valence-corrected chi connectivity index (χ3v) is 3.01.